The van der Waals surface area contributed by atoms with E-state index in [1.165, 1.54) is 7.11 Å². The van der Waals surface area contributed by atoms with Crippen molar-refractivity contribution in [3.8, 4) is 5.75 Å². The maximum absolute atomic E-state index is 13.2. The van der Waals surface area contributed by atoms with Gasteiger partial charge in [0, 0.05) is 58.1 Å². The fraction of sp³-hybridized carbons (Fsp3) is 0.625. The Hall–Kier alpha value is -2.85. The van der Waals surface area contributed by atoms with Gasteiger partial charge < -0.3 is 34.6 Å². The van der Waals surface area contributed by atoms with Crippen molar-refractivity contribution in [2.45, 2.75) is 45.9 Å². The summed E-state index contributed by atoms with van der Waals surface area (Å²) in [6.45, 7) is 8.57. The van der Waals surface area contributed by atoms with Gasteiger partial charge in [0.25, 0.3) is 5.91 Å². The summed E-state index contributed by atoms with van der Waals surface area (Å²) in [5.41, 5.74) is 0.842. The molecule has 0 aromatic heterocycles. The third-order valence-electron chi connectivity index (χ3n) is 5.68. The molecule has 3 atom stereocenters. The average molecular weight is 479 g/mol. The number of nitrogens with zero attached hydrogens (tertiary/aromatic N) is 2. The summed E-state index contributed by atoms with van der Waals surface area (Å²) in [4.78, 5) is 41.5. The van der Waals surface area contributed by atoms with Crippen LogP contribution in [0, 0.1) is 5.92 Å². The van der Waals surface area contributed by atoms with Crippen LogP contribution < -0.4 is 15.4 Å². The number of ether oxygens (including phenoxy) is 3. The first-order valence-corrected chi connectivity index (χ1v) is 11.5. The molecule has 0 saturated heterocycles. The topological polar surface area (TPSA) is 109 Å². The molecule has 1 aromatic carbocycles. The lowest BCUT2D eigenvalue weighted by Crippen LogP contribution is -2.52. The highest BCUT2D eigenvalue weighted by Crippen LogP contribution is 2.27. The van der Waals surface area contributed by atoms with Crippen molar-refractivity contribution in [1.29, 1.82) is 0 Å². The molecule has 0 spiro atoms. The Labute approximate surface area is 201 Å². The van der Waals surface area contributed by atoms with Crippen LogP contribution in [-0.4, -0.2) is 93.4 Å². The van der Waals surface area contributed by atoms with E-state index in [0.717, 1.165) is 0 Å². The Morgan fingerprint density at radius 3 is 2.53 bits per heavy atom. The van der Waals surface area contributed by atoms with E-state index in [1.54, 1.807) is 42.2 Å². The molecule has 0 fully saturated rings. The van der Waals surface area contributed by atoms with Crippen molar-refractivity contribution in [1.82, 2.24) is 15.1 Å². The van der Waals surface area contributed by atoms with Gasteiger partial charge in [-0.15, -0.1) is 0 Å². The molecule has 1 aromatic rings. The molecule has 1 heterocycles. The number of anilines is 1. The highest BCUT2D eigenvalue weighted by Gasteiger charge is 2.30. The molecule has 10 heteroatoms. The predicted octanol–water partition coefficient (Wildman–Crippen LogP) is 2.20. The van der Waals surface area contributed by atoms with Gasteiger partial charge in [-0.3, -0.25) is 9.59 Å². The molecule has 0 bridgehead atoms. The number of carbonyl (C=O) groups is 3. The number of methoxy groups -OCH3 is 2. The second-order valence-corrected chi connectivity index (χ2v) is 9.05. The van der Waals surface area contributed by atoms with Crippen molar-refractivity contribution >= 4 is 23.5 Å². The summed E-state index contributed by atoms with van der Waals surface area (Å²) in [7, 11) is 4.75. The van der Waals surface area contributed by atoms with Gasteiger partial charge in [0.15, 0.2) is 0 Å². The van der Waals surface area contributed by atoms with E-state index in [2.05, 4.69) is 10.6 Å². The summed E-state index contributed by atoms with van der Waals surface area (Å²) in [5, 5.41) is 5.68. The fourth-order valence-corrected chi connectivity index (χ4v) is 3.79. The molecule has 10 nitrogen and oxygen atoms in total. The van der Waals surface area contributed by atoms with E-state index in [9.17, 15) is 14.4 Å². The SMILES string of the molecule is COCC(=O)Nc1ccc2c(c1)OC[C@@H](C)N(C(=O)NC(C)C)C[C@H](C)[C@H](OC)CN(C)C2=O. The molecule has 0 unspecified atom stereocenters. The van der Waals surface area contributed by atoms with Gasteiger partial charge in [0.2, 0.25) is 5.91 Å². The third kappa shape index (κ3) is 7.33. The van der Waals surface area contributed by atoms with Gasteiger partial charge >= 0.3 is 6.03 Å². The lowest BCUT2D eigenvalue weighted by molar-refractivity contribution is -0.119. The van der Waals surface area contributed by atoms with Crippen LogP contribution in [0.15, 0.2) is 18.2 Å². The van der Waals surface area contributed by atoms with Gasteiger partial charge in [-0.2, -0.15) is 0 Å². The van der Waals surface area contributed by atoms with Crippen LogP contribution in [-0.2, 0) is 14.3 Å². The van der Waals surface area contributed by atoms with Crippen LogP contribution in [0.25, 0.3) is 0 Å². The number of fused-ring (bicyclic) bond motifs is 1. The minimum absolute atomic E-state index is 0.0155. The van der Waals surface area contributed by atoms with Crippen LogP contribution in [0.5, 0.6) is 5.75 Å². The van der Waals surface area contributed by atoms with E-state index in [0.29, 0.717) is 30.1 Å². The van der Waals surface area contributed by atoms with Crippen molar-refractivity contribution < 1.29 is 28.6 Å². The minimum atomic E-state index is -0.319. The van der Waals surface area contributed by atoms with Crippen LogP contribution in [0.3, 0.4) is 0 Å². The largest absolute Gasteiger partial charge is 0.491 e. The summed E-state index contributed by atoms with van der Waals surface area (Å²) >= 11 is 0. The molecule has 0 radical (unpaired) electrons. The van der Waals surface area contributed by atoms with Gasteiger partial charge in [-0.25, -0.2) is 4.79 Å². The highest BCUT2D eigenvalue weighted by atomic mass is 16.5. The Bertz CT molecular complexity index is 862. The number of rotatable bonds is 5. The van der Waals surface area contributed by atoms with Crippen molar-refractivity contribution in [2.75, 3.05) is 52.9 Å². The van der Waals surface area contributed by atoms with Crippen molar-refractivity contribution in [3.05, 3.63) is 23.8 Å². The number of amides is 4. The van der Waals surface area contributed by atoms with Gasteiger partial charge in [-0.05, 0) is 32.9 Å². The normalized spacial score (nSPS) is 21.8. The number of likely N-dealkylation sites (N-methyl/N-ethyl adjacent to an activating group) is 1. The lowest BCUT2D eigenvalue weighted by Gasteiger charge is -2.36. The Kier molecular flexibility index (Phi) is 10.1. The van der Waals surface area contributed by atoms with Gasteiger partial charge in [0.05, 0.1) is 17.7 Å². The summed E-state index contributed by atoms with van der Waals surface area (Å²) < 4.78 is 16.6. The smallest absolute Gasteiger partial charge is 0.317 e. The summed E-state index contributed by atoms with van der Waals surface area (Å²) in [5.74, 6) is -0.244. The number of hydrogen-bond donors (Lipinski definition) is 2. The number of hydrogen-bond acceptors (Lipinski definition) is 6. The monoisotopic (exact) mass is 478 g/mol. The number of benzene rings is 1. The average Bonchev–Trinajstić information content (AvgIpc) is 2.77. The van der Waals surface area contributed by atoms with E-state index in [-0.39, 0.29) is 55.2 Å². The Balaban J connectivity index is 2.42. The molecule has 1 aliphatic rings. The molecule has 4 amide bonds. The van der Waals surface area contributed by atoms with Crippen LogP contribution in [0.4, 0.5) is 10.5 Å². The molecule has 1 aliphatic heterocycles. The first-order chi connectivity index (χ1) is 16.1. The van der Waals surface area contributed by atoms with E-state index in [4.69, 9.17) is 14.2 Å². The Morgan fingerprint density at radius 1 is 1.21 bits per heavy atom. The first kappa shape index (κ1) is 27.4. The number of carbonyl (C=O) groups excluding carboxylic acids is 3. The number of nitrogens with one attached hydrogen (secondary N) is 2. The molecular weight excluding hydrogens is 440 g/mol. The second-order valence-electron chi connectivity index (χ2n) is 9.05. The summed E-state index contributed by atoms with van der Waals surface area (Å²) in [6.07, 6.45) is -0.271. The zero-order valence-electron chi connectivity index (χ0n) is 21.2. The standard InChI is InChI=1S/C24H38N4O6/c1-15(2)25-24(31)28-11-16(3)21(33-7)12-27(5)23(30)19-9-8-18(26-22(29)14-32-6)10-20(19)34-13-17(28)4/h8-10,15-17,21H,11-14H2,1-7H3,(H,25,31)(H,26,29)/t16-,17+,21+/m0/s1. The summed E-state index contributed by atoms with van der Waals surface area (Å²) in [6, 6.07) is 4.40. The van der Waals surface area contributed by atoms with Crippen LogP contribution in [0.1, 0.15) is 38.1 Å². The molecule has 34 heavy (non-hydrogen) atoms. The lowest BCUT2D eigenvalue weighted by atomic mass is 10.0. The highest BCUT2D eigenvalue weighted by molar-refractivity contribution is 5.98. The third-order valence-corrected chi connectivity index (χ3v) is 5.68. The molecule has 2 N–H and O–H groups in total. The predicted molar refractivity (Wildman–Crippen MR) is 129 cm³/mol. The molecule has 2 rings (SSSR count). The first-order valence-electron chi connectivity index (χ1n) is 11.5. The van der Waals surface area contributed by atoms with E-state index >= 15 is 0 Å². The van der Waals surface area contributed by atoms with Gasteiger partial charge in [0.1, 0.15) is 19.0 Å². The maximum Gasteiger partial charge on any atom is 0.317 e. The zero-order chi connectivity index (χ0) is 25.4. The van der Waals surface area contributed by atoms with Crippen molar-refractivity contribution in [2.24, 2.45) is 5.92 Å². The molecule has 190 valence electrons. The molecule has 0 saturated carbocycles. The molecule has 0 aliphatic carbocycles. The zero-order valence-corrected chi connectivity index (χ0v) is 21.2. The van der Waals surface area contributed by atoms with Gasteiger partial charge in [-0.1, -0.05) is 6.92 Å². The molecular formula is C24H38N4O6. The maximum atomic E-state index is 13.2. The van der Waals surface area contributed by atoms with E-state index in [1.807, 2.05) is 27.7 Å². The van der Waals surface area contributed by atoms with Crippen LogP contribution in [0.2, 0.25) is 0 Å². The number of urea groups is 1. The minimum Gasteiger partial charge on any atom is -0.491 e. The van der Waals surface area contributed by atoms with E-state index < -0.39 is 0 Å². The van der Waals surface area contributed by atoms with Crippen molar-refractivity contribution in [3.63, 3.8) is 0 Å². The fourth-order valence-electron chi connectivity index (χ4n) is 3.79. The second kappa shape index (κ2) is 12.6. The van der Waals surface area contributed by atoms with Crippen LogP contribution >= 0.6 is 0 Å². The Morgan fingerprint density at radius 2 is 1.91 bits per heavy atom. The quantitative estimate of drug-likeness (QED) is 0.672.